The molecule has 1 amide bonds. The van der Waals surface area contributed by atoms with E-state index in [1.54, 1.807) is 0 Å². The molecule has 2 rings (SSSR count). The molecule has 0 saturated heterocycles. The minimum atomic E-state index is -0.481. The Bertz CT molecular complexity index is 513. The number of imidazole rings is 1. The van der Waals surface area contributed by atoms with E-state index in [0.29, 0.717) is 5.69 Å². The van der Waals surface area contributed by atoms with Crippen molar-refractivity contribution in [3.63, 3.8) is 0 Å². The maximum absolute atomic E-state index is 11.0. The predicted octanol–water partition coefficient (Wildman–Crippen LogP) is 1.05. The Balaban J connectivity index is 2.87. The monoisotopic (exact) mass is 189 g/mol. The summed E-state index contributed by atoms with van der Waals surface area (Å²) in [7, 11) is 0. The van der Waals surface area contributed by atoms with Crippen molar-refractivity contribution >= 4 is 11.6 Å². The molecule has 2 heterocycles. The van der Waals surface area contributed by atoms with Gasteiger partial charge in [0.25, 0.3) is 5.91 Å². The number of aryl methyl sites for hydroxylation is 2. The van der Waals surface area contributed by atoms with Crippen LogP contribution >= 0.6 is 0 Å². The van der Waals surface area contributed by atoms with Crippen LogP contribution in [-0.4, -0.2) is 15.3 Å². The molecule has 0 aliphatic heterocycles. The van der Waals surface area contributed by atoms with Crippen molar-refractivity contribution in [3.8, 4) is 0 Å². The summed E-state index contributed by atoms with van der Waals surface area (Å²) >= 11 is 0. The van der Waals surface area contributed by atoms with E-state index in [4.69, 9.17) is 5.73 Å². The van der Waals surface area contributed by atoms with E-state index in [-0.39, 0.29) is 0 Å². The molecule has 0 aliphatic rings. The second kappa shape index (κ2) is 2.83. The SMILES string of the molecule is Cc1cccc2nc(C(N)=O)c(C)n12. The average Bonchev–Trinajstić information content (AvgIpc) is 2.45. The fraction of sp³-hybridized carbons (Fsp3) is 0.200. The summed E-state index contributed by atoms with van der Waals surface area (Å²) in [6.45, 7) is 3.81. The highest BCUT2D eigenvalue weighted by molar-refractivity contribution is 5.92. The Hall–Kier alpha value is -1.84. The predicted molar refractivity (Wildman–Crippen MR) is 53.2 cm³/mol. The molecular weight excluding hydrogens is 178 g/mol. The van der Waals surface area contributed by atoms with Crippen molar-refractivity contribution in [3.05, 3.63) is 35.3 Å². The quantitative estimate of drug-likeness (QED) is 0.728. The van der Waals surface area contributed by atoms with Crippen molar-refractivity contribution in [2.24, 2.45) is 5.73 Å². The lowest BCUT2D eigenvalue weighted by atomic mass is 10.3. The molecule has 72 valence electrons. The zero-order valence-electron chi connectivity index (χ0n) is 8.11. The van der Waals surface area contributed by atoms with Crippen LogP contribution in [0.25, 0.3) is 5.65 Å². The smallest absolute Gasteiger partial charge is 0.269 e. The fourth-order valence-electron chi connectivity index (χ4n) is 1.66. The normalized spacial score (nSPS) is 10.7. The van der Waals surface area contributed by atoms with Gasteiger partial charge >= 0.3 is 0 Å². The molecule has 2 aromatic heterocycles. The van der Waals surface area contributed by atoms with Crippen LogP contribution in [0.5, 0.6) is 0 Å². The van der Waals surface area contributed by atoms with E-state index in [2.05, 4.69) is 4.98 Å². The first-order valence-corrected chi connectivity index (χ1v) is 4.35. The standard InChI is InChI=1S/C10H11N3O/c1-6-4-3-5-8-12-9(10(11)14)7(2)13(6)8/h3-5H,1-2H3,(H2,11,14). The number of hydrogen-bond donors (Lipinski definition) is 1. The molecule has 4 nitrogen and oxygen atoms in total. The summed E-state index contributed by atoms with van der Waals surface area (Å²) in [4.78, 5) is 15.2. The lowest BCUT2D eigenvalue weighted by molar-refractivity contribution is 0.0995. The van der Waals surface area contributed by atoms with Gasteiger partial charge in [-0.3, -0.25) is 4.79 Å². The third kappa shape index (κ3) is 1.08. The van der Waals surface area contributed by atoms with Gasteiger partial charge in [0.1, 0.15) is 11.3 Å². The van der Waals surface area contributed by atoms with Gasteiger partial charge in [-0.2, -0.15) is 0 Å². The number of carbonyl (C=O) groups is 1. The molecule has 0 aliphatic carbocycles. The molecule has 0 aromatic carbocycles. The highest BCUT2D eigenvalue weighted by Crippen LogP contribution is 2.13. The highest BCUT2D eigenvalue weighted by Gasteiger charge is 2.13. The van der Waals surface area contributed by atoms with E-state index in [0.717, 1.165) is 17.0 Å². The van der Waals surface area contributed by atoms with Crippen molar-refractivity contribution < 1.29 is 4.79 Å². The molecule has 0 bridgehead atoms. The van der Waals surface area contributed by atoms with E-state index >= 15 is 0 Å². The zero-order chi connectivity index (χ0) is 10.3. The molecule has 4 heteroatoms. The van der Waals surface area contributed by atoms with Gasteiger partial charge < -0.3 is 10.1 Å². The summed E-state index contributed by atoms with van der Waals surface area (Å²) < 4.78 is 1.92. The number of amides is 1. The number of carbonyl (C=O) groups excluding carboxylic acids is 1. The van der Waals surface area contributed by atoms with Gasteiger partial charge in [0.15, 0.2) is 0 Å². The summed E-state index contributed by atoms with van der Waals surface area (Å²) in [5.41, 5.74) is 8.16. The Morgan fingerprint density at radius 1 is 1.43 bits per heavy atom. The summed E-state index contributed by atoms with van der Waals surface area (Å²) in [6.07, 6.45) is 0. The van der Waals surface area contributed by atoms with Gasteiger partial charge in [0, 0.05) is 5.69 Å². The van der Waals surface area contributed by atoms with E-state index < -0.39 is 5.91 Å². The van der Waals surface area contributed by atoms with Crippen molar-refractivity contribution in [1.82, 2.24) is 9.38 Å². The van der Waals surface area contributed by atoms with Crippen LogP contribution in [0.2, 0.25) is 0 Å². The van der Waals surface area contributed by atoms with Gasteiger partial charge in [-0.25, -0.2) is 4.98 Å². The third-order valence-electron chi connectivity index (χ3n) is 2.30. The number of fused-ring (bicyclic) bond motifs is 1. The number of hydrogen-bond acceptors (Lipinski definition) is 2. The molecule has 0 spiro atoms. The molecule has 0 radical (unpaired) electrons. The first-order chi connectivity index (χ1) is 6.61. The van der Waals surface area contributed by atoms with Gasteiger partial charge in [-0.15, -0.1) is 0 Å². The summed E-state index contributed by atoms with van der Waals surface area (Å²) in [5.74, 6) is -0.481. The first kappa shape index (κ1) is 8.74. The Kier molecular flexibility index (Phi) is 1.77. The molecule has 0 unspecified atom stereocenters. The highest BCUT2D eigenvalue weighted by atomic mass is 16.1. The molecule has 14 heavy (non-hydrogen) atoms. The molecule has 0 saturated carbocycles. The van der Waals surface area contributed by atoms with Crippen LogP contribution in [0.3, 0.4) is 0 Å². The van der Waals surface area contributed by atoms with Gasteiger partial charge in [-0.1, -0.05) is 6.07 Å². The second-order valence-electron chi connectivity index (χ2n) is 3.27. The summed E-state index contributed by atoms with van der Waals surface area (Å²) in [5, 5.41) is 0. The third-order valence-corrected chi connectivity index (χ3v) is 2.30. The largest absolute Gasteiger partial charge is 0.364 e. The fourth-order valence-corrected chi connectivity index (χ4v) is 1.66. The van der Waals surface area contributed by atoms with Gasteiger partial charge in [0.05, 0.1) is 5.69 Å². The molecular formula is C10H11N3O. The van der Waals surface area contributed by atoms with Crippen LogP contribution in [0.15, 0.2) is 18.2 Å². The lowest BCUT2D eigenvalue weighted by Gasteiger charge is -2.00. The lowest BCUT2D eigenvalue weighted by Crippen LogP contribution is -2.13. The maximum Gasteiger partial charge on any atom is 0.269 e. The van der Waals surface area contributed by atoms with E-state index in [1.807, 2.05) is 36.4 Å². The van der Waals surface area contributed by atoms with Crippen LogP contribution in [0.1, 0.15) is 21.9 Å². The minimum absolute atomic E-state index is 0.347. The Morgan fingerprint density at radius 3 is 2.71 bits per heavy atom. The zero-order valence-corrected chi connectivity index (χ0v) is 8.11. The molecule has 0 fully saturated rings. The Labute approximate surface area is 81.4 Å². The number of primary amides is 1. The number of pyridine rings is 1. The van der Waals surface area contributed by atoms with E-state index in [9.17, 15) is 4.79 Å². The molecule has 0 atom stereocenters. The van der Waals surface area contributed by atoms with Crippen molar-refractivity contribution in [2.75, 3.05) is 0 Å². The maximum atomic E-state index is 11.0. The number of nitrogens with two attached hydrogens (primary N) is 1. The molecule has 2 N–H and O–H groups in total. The topological polar surface area (TPSA) is 60.4 Å². The van der Waals surface area contributed by atoms with E-state index in [1.165, 1.54) is 0 Å². The number of aromatic nitrogens is 2. The van der Waals surface area contributed by atoms with Crippen molar-refractivity contribution in [1.29, 1.82) is 0 Å². The first-order valence-electron chi connectivity index (χ1n) is 4.35. The minimum Gasteiger partial charge on any atom is -0.364 e. The number of nitrogens with zero attached hydrogens (tertiary/aromatic N) is 2. The Morgan fingerprint density at radius 2 is 2.14 bits per heavy atom. The van der Waals surface area contributed by atoms with Crippen LogP contribution in [-0.2, 0) is 0 Å². The van der Waals surface area contributed by atoms with Gasteiger partial charge in [0.2, 0.25) is 0 Å². The van der Waals surface area contributed by atoms with Crippen LogP contribution in [0, 0.1) is 13.8 Å². The molecule has 2 aromatic rings. The van der Waals surface area contributed by atoms with Crippen molar-refractivity contribution in [2.45, 2.75) is 13.8 Å². The number of rotatable bonds is 1. The average molecular weight is 189 g/mol. The van der Waals surface area contributed by atoms with Crippen LogP contribution in [0.4, 0.5) is 0 Å². The van der Waals surface area contributed by atoms with Gasteiger partial charge in [-0.05, 0) is 26.0 Å². The summed E-state index contributed by atoms with van der Waals surface area (Å²) in [6, 6.07) is 5.72. The van der Waals surface area contributed by atoms with Crippen LogP contribution < -0.4 is 5.73 Å². The second-order valence-corrected chi connectivity index (χ2v) is 3.27.